The standard InChI is InChI=1S/C15H21F3N6S.HI/c1-9-10(2)25-12(22-9)5-6-20-14(19-3)21-7-11-8-24(4)23-13(11)15(16,17)18;/h8H,5-7H2,1-4H3,(H2,19,20,21);1H. The number of guanidine groups is 1. The molecule has 11 heteroatoms. The van der Waals surface area contributed by atoms with Gasteiger partial charge in [-0.05, 0) is 13.8 Å². The molecule has 26 heavy (non-hydrogen) atoms. The quantitative estimate of drug-likeness (QED) is 0.375. The third-order valence-corrected chi connectivity index (χ3v) is 4.68. The van der Waals surface area contributed by atoms with Gasteiger partial charge in [0.2, 0.25) is 0 Å². The molecule has 0 saturated heterocycles. The zero-order valence-corrected chi connectivity index (χ0v) is 18.1. The second-order valence-corrected chi connectivity index (χ2v) is 6.81. The molecular formula is C15H22F3IN6S. The maximum Gasteiger partial charge on any atom is 0.435 e. The van der Waals surface area contributed by atoms with E-state index < -0.39 is 11.9 Å². The summed E-state index contributed by atoms with van der Waals surface area (Å²) in [6, 6.07) is 0. The first-order valence-electron chi connectivity index (χ1n) is 7.68. The molecule has 0 spiro atoms. The molecule has 6 nitrogen and oxygen atoms in total. The van der Waals surface area contributed by atoms with Crippen LogP contribution in [0.3, 0.4) is 0 Å². The van der Waals surface area contributed by atoms with Crippen LogP contribution in [0.1, 0.15) is 26.8 Å². The predicted octanol–water partition coefficient (Wildman–Crippen LogP) is 3.04. The molecule has 146 valence electrons. The highest BCUT2D eigenvalue weighted by Gasteiger charge is 2.36. The lowest BCUT2D eigenvalue weighted by Crippen LogP contribution is -2.38. The maximum absolute atomic E-state index is 12.9. The number of hydrogen-bond acceptors (Lipinski definition) is 4. The van der Waals surface area contributed by atoms with Crippen LogP contribution in [0.2, 0.25) is 0 Å². The third kappa shape index (κ3) is 6.11. The van der Waals surface area contributed by atoms with Gasteiger partial charge >= 0.3 is 6.18 Å². The topological polar surface area (TPSA) is 67.1 Å². The number of hydrogen-bond donors (Lipinski definition) is 2. The van der Waals surface area contributed by atoms with E-state index in [0.29, 0.717) is 12.5 Å². The van der Waals surface area contributed by atoms with Gasteiger partial charge < -0.3 is 10.6 Å². The number of aliphatic imine (C=N–C) groups is 1. The Balaban J connectivity index is 0.00000338. The van der Waals surface area contributed by atoms with Crippen molar-refractivity contribution in [2.75, 3.05) is 13.6 Å². The van der Waals surface area contributed by atoms with Crippen molar-refractivity contribution in [3.05, 3.63) is 33.0 Å². The highest BCUT2D eigenvalue weighted by atomic mass is 127. The molecule has 0 amide bonds. The van der Waals surface area contributed by atoms with Crippen LogP contribution in [0.4, 0.5) is 13.2 Å². The van der Waals surface area contributed by atoms with E-state index in [1.165, 1.54) is 18.1 Å². The van der Waals surface area contributed by atoms with Gasteiger partial charge in [-0.3, -0.25) is 9.67 Å². The summed E-state index contributed by atoms with van der Waals surface area (Å²) >= 11 is 1.64. The average Bonchev–Trinajstić information content (AvgIpc) is 3.05. The van der Waals surface area contributed by atoms with E-state index in [2.05, 4.69) is 25.7 Å². The molecule has 0 atom stereocenters. The van der Waals surface area contributed by atoms with Gasteiger partial charge in [0.15, 0.2) is 11.7 Å². The van der Waals surface area contributed by atoms with Crippen molar-refractivity contribution in [2.24, 2.45) is 12.0 Å². The fourth-order valence-corrected chi connectivity index (χ4v) is 3.17. The molecule has 0 saturated carbocycles. The van der Waals surface area contributed by atoms with E-state index in [1.54, 1.807) is 18.4 Å². The largest absolute Gasteiger partial charge is 0.435 e. The van der Waals surface area contributed by atoms with Crippen LogP contribution in [0.5, 0.6) is 0 Å². The van der Waals surface area contributed by atoms with Gasteiger partial charge in [0.25, 0.3) is 0 Å². The lowest BCUT2D eigenvalue weighted by molar-refractivity contribution is -0.142. The third-order valence-electron chi connectivity index (χ3n) is 3.55. The number of alkyl halides is 3. The molecule has 0 aliphatic rings. The predicted molar refractivity (Wildman–Crippen MR) is 107 cm³/mol. The van der Waals surface area contributed by atoms with E-state index in [9.17, 15) is 13.2 Å². The molecule has 2 heterocycles. The van der Waals surface area contributed by atoms with Crippen LogP contribution in [0, 0.1) is 13.8 Å². The van der Waals surface area contributed by atoms with Crippen molar-refractivity contribution < 1.29 is 13.2 Å². The summed E-state index contributed by atoms with van der Waals surface area (Å²) in [6.07, 6.45) is -2.40. The Morgan fingerprint density at radius 1 is 1.31 bits per heavy atom. The minimum absolute atomic E-state index is 0. The summed E-state index contributed by atoms with van der Waals surface area (Å²) in [6.45, 7) is 4.56. The van der Waals surface area contributed by atoms with E-state index >= 15 is 0 Å². The fourth-order valence-electron chi connectivity index (χ4n) is 2.24. The molecular weight excluding hydrogens is 480 g/mol. The molecule has 0 radical (unpaired) electrons. The number of aryl methyl sites for hydroxylation is 3. The lowest BCUT2D eigenvalue weighted by Gasteiger charge is -2.12. The zero-order chi connectivity index (χ0) is 18.6. The zero-order valence-electron chi connectivity index (χ0n) is 14.9. The van der Waals surface area contributed by atoms with Crippen molar-refractivity contribution in [1.82, 2.24) is 25.4 Å². The van der Waals surface area contributed by atoms with Crippen molar-refractivity contribution >= 4 is 41.3 Å². The van der Waals surface area contributed by atoms with Gasteiger partial charge in [0.05, 0.1) is 10.7 Å². The minimum atomic E-state index is -4.48. The summed E-state index contributed by atoms with van der Waals surface area (Å²) in [4.78, 5) is 9.66. The van der Waals surface area contributed by atoms with Crippen LogP contribution in [0.15, 0.2) is 11.2 Å². The Bertz CT molecular complexity index is 734. The highest BCUT2D eigenvalue weighted by molar-refractivity contribution is 14.0. The molecule has 2 aromatic rings. The van der Waals surface area contributed by atoms with E-state index in [-0.39, 0.29) is 36.1 Å². The molecule has 2 aromatic heterocycles. The van der Waals surface area contributed by atoms with Crippen LogP contribution < -0.4 is 10.6 Å². The van der Waals surface area contributed by atoms with Gasteiger partial charge in [-0.25, -0.2) is 4.98 Å². The average molecular weight is 502 g/mol. The Morgan fingerprint density at radius 3 is 2.54 bits per heavy atom. The Kier molecular flexibility index (Phi) is 8.31. The van der Waals surface area contributed by atoms with E-state index in [4.69, 9.17) is 0 Å². The Morgan fingerprint density at radius 2 is 2.00 bits per heavy atom. The fraction of sp³-hybridized carbons (Fsp3) is 0.533. The summed E-state index contributed by atoms with van der Waals surface area (Å²) in [5.41, 5.74) is 0.217. The Labute approximate surface area is 171 Å². The molecule has 0 aromatic carbocycles. The maximum atomic E-state index is 12.9. The summed E-state index contributed by atoms with van der Waals surface area (Å²) in [5, 5.41) is 10.5. The first kappa shape index (κ1) is 22.7. The van der Waals surface area contributed by atoms with Gasteiger partial charge in [-0.15, -0.1) is 35.3 Å². The van der Waals surface area contributed by atoms with Crippen molar-refractivity contribution in [3.8, 4) is 0 Å². The van der Waals surface area contributed by atoms with Crippen LogP contribution in [-0.2, 0) is 26.2 Å². The summed E-state index contributed by atoms with van der Waals surface area (Å²) in [7, 11) is 3.03. The minimum Gasteiger partial charge on any atom is -0.356 e. The monoisotopic (exact) mass is 502 g/mol. The Hall–Kier alpha value is -1.37. The first-order valence-corrected chi connectivity index (χ1v) is 8.49. The first-order chi connectivity index (χ1) is 11.7. The van der Waals surface area contributed by atoms with Crippen molar-refractivity contribution in [1.29, 1.82) is 0 Å². The number of halogens is 4. The van der Waals surface area contributed by atoms with E-state index in [1.807, 2.05) is 13.8 Å². The molecule has 0 unspecified atom stereocenters. The molecule has 0 aliphatic heterocycles. The number of rotatable bonds is 5. The van der Waals surface area contributed by atoms with E-state index in [0.717, 1.165) is 21.8 Å². The number of nitrogens with one attached hydrogen (secondary N) is 2. The number of aromatic nitrogens is 3. The lowest BCUT2D eigenvalue weighted by atomic mass is 10.2. The SMILES string of the molecule is CN=C(NCCc1nc(C)c(C)s1)NCc1cn(C)nc1C(F)(F)F.I. The highest BCUT2D eigenvalue weighted by Crippen LogP contribution is 2.30. The van der Waals surface area contributed by atoms with Gasteiger partial charge in [0, 0.05) is 50.2 Å². The number of thiazole rings is 1. The van der Waals surface area contributed by atoms with Gasteiger partial charge in [-0.2, -0.15) is 18.3 Å². The number of nitrogens with zero attached hydrogens (tertiary/aromatic N) is 4. The van der Waals surface area contributed by atoms with Crippen molar-refractivity contribution in [2.45, 2.75) is 33.0 Å². The van der Waals surface area contributed by atoms with Crippen LogP contribution in [-0.4, -0.2) is 34.3 Å². The van der Waals surface area contributed by atoms with Gasteiger partial charge in [-0.1, -0.05) is 0 Å². The second kappa shape index (κ2) is 9.53. The molecule has 0 fully saturated rings. The van der Waals surface area contributed by atoms with Crippen LogP contribution in [0.25, 0.3) is 0 Å². The molecule has 2 N–H and O–H groups in total. The molecule has 0 bridgehead atoms. The van der Waals surface area contributed by atoms with Crippen LogP contribution >= 0.6 is 35.3 Å². The smallest absolute Gasteiger partial charge is 0.356 e. The van der Waals surface area contributed by atoms with Crippen molar-refractivity contribution in [3.63, 3.8) is 0 Å². The van der Waals surface area contributed by atoms with Gasteiger partial charge in [0.1, 0.15) is 0 Å². The summed E-state index contributed by atoms with van der Waals surface area (Å²) < 4.78 is 40.0. The second-order valence-electron chi connectivity index (χ2n) is 5.53. The molecule has 0 aliphatic carbocycles. The summed E-state index contributed by atoms with van der Waals surface area (Å²) in [5.74, 6) is 0.432. The normalized spacial score (nSPS) is 12.0. The molecule has 2 rings (SSSR count).